The lowest BCUT2D eigenvalue weighted by atomic mass is 9.82. The van der Waals surface area contributed by atoms with Crippen molar-refractivity contribution in [1.29, 1.82) is 0 Å². The Morgan fingerprint density at radius 2 is 1.92 bits per heavy atom. The first-order chi connectivity index (χ1) is 12.4. The highest BCUT2D eigenvalue weighted by atomic mass is 32.2. The molecule has 1 aromatic heterocycles. The smallest absolute Gasteiger partial charge is 0.308 e. The molecule has 0 bridgehead atoms. The summed E-state index contributed by atoms with van der Waals surface area (Å²) in [6.07, 6.45) is 2.44. The Labute approximate surface area is 153 Å². The zero-order valence-electron chi connectivity index (χ0n) is 14.9. The van der Waals surface area contributed by atoms with Crippen LogP contribution in [0.2, 0.25) is 0 Å². The predicted molar refractivity (Wildman–Crippen MR) is 96.5 cm³/mol. The average Bonchev–Trinajstić information content (AvgIpc) is 3.16. The van der Waals surface area contributed by atoms with Crippen LogP contribution in [0.4, 0.5) is 0 Å². The Morgan fingerprint density at radius 1 is 1.19 bits per heavy atom. The fourth-order valence-electron chi connectivity index (χ4n) is 3.95. The highest BCUT2D eigenvalue weighted by Gasteiger charge is 2.45. The van der Waals surface area contributed by atoms with Crippen molar-refractivity contribution in [2.45, 2.75) is 19.4 Å². The van der Waals surface area contributed by atoms with Crippen molar-refractivity contribution in [3.8, 4) is 0 Å². The summed E-state index contributed by atoms with van der Waals surface area (Å²) in [5, 5.41) is 0. The maximum Gasteiger partial charge on any atom is 0.308 e. The number of likely N-dealkylation sites (tertiary alicyclic amines) is 1. The van der Waals surface area contributed by atoms with Crippen molar-refractivity contribution in [1.82, 2.24) is 18.2 Å². The van der Waals surface area contributed by atoms with Crippen molar-refractivity contribution < 1.29 is 13.2 Å². The summed E-state index contributed by atoms with van der Waals surface area (Å²) >= 11 is 0. The van der Waals surface area contributed by atoms with Crippen molar-refractivity contribution in [2.75, 3.05) is 20.6 Å². The summed E-state index contributed by atoms with van der Waals surface area (Å²) in [6, 6.07) is 9.93. The molecule has 1 fully saturated rings. The molecule has 0 saturated carbocycles. The minimum Gasteiger partial charge on any atom is -0.338 e. The van der Waals surface area contributed by atoms with Crippen molar-refractivity contribution >= 4 is 16.1 Å². The summed E-state index contributed by atoms with van der Waals surface area (Å²) in [5.41, 5.74) is 2.55. The molecular weight excluding hydrogens is 352 g/mol. The predicted octanol–water partition coefficient (Wildman–Crippen LogP) is 0.911. The zero-order valence-corrected chi connectivity index (χ0v) is 15.7. The van der Waals surface area contributed by atoms with E-state index in [0.717, 1.165) is 11.3 Å². The second kappa shape index (κ2) is 6.21. The number of amides is 1. The summed E-state index contributed by atoms with van der Waals surface area (Å²) in [7, 11) is -0.629. The summed E-state index contributed by atoms with van der Waals surface area (Å²) in [5.74, 6) is 0.141. The molecule has 2 atom stereocenters. The number of aromatic nitrogens is 2. The van der Waals surface area contributed by atoms with Crippen molar-refractivity contribution in [3.05, 3.63) is 53.6 Å². The fraction of sp³-hybridized carbons (Fsp3) is 0.444. The number of hydrogen-bond donors (Lipinski definition) is 0. The SMILES string of the molecule is CN(C)S(=O)(=O)n1cnc2c1C[C@H]1C(=O)N(Cc3ccccc3)C[C@H]1C2. The second-order valence-corrected chi connectivity index (χ2v) is 9.22. The van der Waals surface area contributed by atoms with Gasteiger partial charge in [-0.05, 0) is 17.9 Å². The lowest BCUT2D eigenvalue weighted by molar-refractivity contribution is -0.131. The van der Waals surface area contributed by atoms with Gasteiger partial charge in [0.25, 0.3) is 0 Å². The Morgan fingerprint density at radius 3 is 2.62 bits per heavy atom. The van der Waals surface area contributed by atoms with Crippen LogP contribution in [0.15, 0.2) is 36.7 Å². The van der Waals surface area contributed by atoms with Crippen LogP contribution in [0.25, 0.3) is 0 Å². The molecule has 1 aliphatic carbocycles. The Bertz CT molecular complexity index is 937. The van der Waals surface area contributed by atoms with Crippen molar-refractivity contribution in [3.63, 3.8) is 0 Å². The lowest BCUT2D eigenvalue weighted by Gasteiger charge is -2.24. The first kappa shape index (κ1) is 17.2. The van der Waals surface area contributed by atoms with E-state index in [1.807, 2.05) is 35.2 Å². The molecule has 7 nitrogen and oxygen atoms in total. The van der Waals surface area contributed by atoms with Gasteiger partial charge in [-0.25, -0.2) is 8.96 Å². The molecule has 1 amide bonds. The number of fused-ring (bicyclic) bond motifs is 2. The number of carbonyl (C=O) groups is 1. The number of nitrogens with zero attached hydrogens (tertiary/aromatic N) is 4. The van der Waals surface area contributed by atoms with Gasteiger partial charge in [0.2, 0.25) is 5.91 Å². The lowest BCUT2D eigenvalue weighted by Crippen LogP contribution is -2.33. The molecule has 0 spiro atoms. The number of hydrogen-bond acceptors (Lipinski definition) is 4. The van der Waals surface area contributed by atoms with Gasteiger partial charge in [-0.15, -0.1) is 0 Å². The molecule has 138 valence electrons. The van der Waals surface area contributed by atoms with Crippen LogP contribution in [0.5, 0.6) is 0 Å². The van der Waals surface area contributed by atoms with Crippen LogP contribution >= 0.6 is 0 Å². The van der Waals surface area contributed by atoms with Crippen LogP contribution in [-0.4, -0.2) is 53.1 Å². The Balaban J connectivity index is 1.58. The van der Waals surface area contributed by atoms with Gasteiger partial charge in [-0.2, -0.15) is 12.7 Å². The first-order valence-corrected chi connectivity index (χ1v) is 10.1. The van der Waals surface area contributed by atoms with Gasteiger partial charge in [-0.3, -0.25) is 4.79 Å². The molecule has 1 saturated heterocycles. The van der Waals surface area contributed by atoms with Crippen molar-refractivity contribution in [2.24, 2.45) is 11.8 Å². The maximum atomic E-state index is 12.9. The summed E-state index contributed by atoms with van der Waals surface area (Å²) in [6.45, 7) is 1.30. The standard InChI is InChI=1S/C18H22N4O3S/c1-20(2)26(24,25)22-12-19-16-8-14-11-21(10-13-6-4-3-5-7-13)18(23)15(14)9-17(16)22/h3-7,12,14-15H,8-11H2,1-2H3/t14-,15-/m1/s1. The monoisotopic (exact) mass is 374 g/mol. The van der Waals surface area contributed by atoms with E-state index < -0.39 is 10.2 Å². The van der Waals surface area contributed by atoms with Crippen LogP contribution < -0.4 is 0 Å². The van der Waals surface area contributed by atoms with Crippen LogP contribution in [0.1, 0.15) is 17.0 Å². The number of rotatable bonds is 4. The Hall–Kier alpha value is -2.19. The molecule has 4 rings (SSSR count). The highest BCUT2D eigenvalue weighted by Crippen LogP contribution is 2.37. The van der Waals surface area contributed by atoms with E-state index in [4.69, 9.17) is 0 Å². The third kappa shape index (κ3) is 2.73. The van der Waals surface area contributed by atoms with E-state index in [1.54, 1.807) is 0 Å². The zero-order chi connectivity index (χ0) is 18.5. The molecule has 8 heteroatoms. The van der Waals surface area contributed by atoms with E-state index >= 15 is 0 Å². The van der Waals surface area contributed by atoms with Gasteiger partial charge in [0.1, 0.15) is 6.33 Å². The molecule has 2 aromatic rings. The van der Waals surface area contributed by atoms with Crippen LogP contribution in [-0.2, 0) is 34.4 Å². The van der Waals surface area contributed by atoms with E-state index in [0.29, 0.717) is 31.6 Å². The molecule has 1 aliphatic heterocycles. The van der Waals surface area contributed by atoms with Gasteiger partial charge in [0.05, 0.1) is 11.4 Å². The third-order valence-electron chi connectivity index (χ3n) is 5.37. The summed E-state index contributed by atoms with van der Waals surface area (Å²) in [4.78, 5) is 19.1. The molecule has 0 N–H and O–H groups in total. The first-order valence-electron chi connectivity index (χ1n) is 8.68. The molecule has 26 heavy (non-hydrogen) atoms. The van der Waals surface area contributed by atoms with Gasteiger partial charge in [-0.1, -0.05) is 30.3 Å². The minimum atomic E-state index is -3.62. The van der Waals surface area contributed by atoms with Crippen LogP contribution in [0, 0.1) is 11.8 Å². The normalized spacial score (nSPS) is 22.6. The van der Waals surface area contributed by atoms with E-state index in [1.165, 1.54) is 28.7 Å². The quantitative estimate of drug-likeness (QED) is 0.797. The van der Waals surface area contributed by atoms with Gasteiger partial charge < -0.3 is 4.90 Å². The molecule has 0 unspecified atom stereocenters. The van der Waals surface area contributed by atoms with E-state index in [2.05, 4.69) is 4.98 Å². The number of benzene rings is 1. The second-order valence-electron chi connectivity index (χ2n) is 7.20. The minimum absolute atomic E-state index is 0.111. The van der Waals surface area contributed by atoms with Gasteiger partial charge in [0.15, 0.2) is 0 Å². The number of imidazole rings is 1. The topological polar surface area (TPSA) is 75.5 Å². The average molecular weight is 374 g/mol. The third-order valence-corrected chi connectivity index (χ3v) is 7.10. The Kier molecular flexibility index (Phi) is 4.11. The largest absolute Gasteiger partial charge is 0.338 e. The molecule has 1 aromatic carbocycles. The van der Waals surface area contributed by atoms with Gasteiger partial charge >= 0.3 is 10.2 Å². The van der Waals surface area contributed by atoms with E-state index in [9.17, 15) is 13.2 Å². The molecular formula is C18H22N4O3S. The van der Waals surface area contributed by atoms with E-state index in [-0.39, 0.29) is 17.7 Å². The molecule has 2 aliphatic rings. The molecule has 0 radical (unpaired) electrons. The fourth-order valence-corrected chi connectivity index (χ4v) is 4.92. The number of carbonyl (C=O) groups excluding carboxylic acids is 1. The van der Waals surface area contributed by atoms with Gasteiger partial charge in [0, 0.05) is 39.5 Å². The highest BCUT2D eigenvalue weighted by molar-refractivity contribution is 7.87. The molecule has 2 heterocycles. The maximum absolute atomic E-state index is 12.9. The van der Waals surface area contributed by atoms with Crippen LogP contribution in [0.3, 0.4) is 0 Å². The summed E-state index contributed by atoms with van der Waals surface area (Å²) < 4.78 is 27.4.